The van der Waals surface area contributed by atoms with E-state index in [9.17, 15) is 9.90 Å². The Labute approximate surface area is 118 Å². The largest absolute Gasteiger partial charge is 0.493 e. The molecule has 4 nitrogen and oxygen atoms in total. The van der Waals surface area contributed by atoms with Gasteiger partial charge in [0.15, 0.2) is 11.5 Å². The maximum atomic E-state index is 11.3. The van der Waals surface area contributed by atoms with Crippen LogP contribution >= 0.6 is 11.6 Å². The van der Waals surface area contributed by atoms with Gasteiger partial charge in [-0.05, 0) is 18.4 Å². The van der Waals surface area contributed by atoms with Crippen molar-refractivity contribution in [3.63, 3.8) is 0 Å². The quantitative estimate of drug-likeness (QED) is 0.897. The maximum Gasteiger partial charge on any atom is 0.310 e. The summed E-state index contributed by atoms with van der Waals surface area (Å²) in [5, 5.41) is 9.61. The Bertz CT molecular complexity index is 483. The number of carboxylic acids is 1. The number of carbonyl (C=O) groups is 1. The van der Waals surface area contributed by atoms with Crippen LogP contribution in [0.25, 0.3) is 0 Å². The second-order valence-corrected chi connectivity index (χ2v) is 5.04. The van der Waals surface area contributed by atoms with Gasteiger partial charge >= 0.3 is 5.97 Å². The molecule has 0 fully saturated rings. The number of benzene rings is 1. The first-order valence-electron chi connectivity index (χ1n) is 6.02. The van der Waals surface area contributed by atoms with Gasteiger partial charge in [-0.3, -0.25) is 4.79 Å². The third-order valence-corrected chi connectivity index (χ3v) is 3.39. The number of carboxylic acid groups (broad SMARTS) is 1. The molecule has 19 heavy (non-hydrogen) atoms. The SMILES string of the molecule is COc1cc(Cl)c(C(C)C(=O)O)c(C(C)C)c1OC. The van der Waals surface area contributed by atoms with Crippen LogP contribution in [-0.4, -0.2) is 25.3 Å². The third kappa shape index (κ3) is 2.95. The lowest BCUT2D eigenvalue weighted by atomic mass is 9.88. The number of hydrogen-bond acceptors (Lipinski definition) is 3. The van der Waals surface area contributed by atoms with Gasteiger partial charge in [0.1, 0.15) is 0 Å². The normalized spacial score (nSPS) is 12.4. The van der Waals surface area contributed by atoms with Crippen molar-refractivity contribution in [3.05, 3.63) is 22.2 Å². The van der Waals surface area contributed by atoms with Crippen molar-refractivity contribution in [2.45, 2.75) is 32.6 Å². The van der Waals surface area contributed by atoms with Gasteiger partial charge in [-0.15, -0.1) is 0 Å². The molecule has 0 aliphatic heterocycles. The van der Waals surface area contributed by atoms with Crippen LogP contribution in [0.3, 0.4) is 0 Å². The predicted octanol–water partition coefficient (Wildman–Crippen LogP) is 3.67. The zero-order valence-electron chi connectivity index (χ0n) is 11.8. The van der Waals surface area contributed by atoms with Crippen molar-refractivity contribution < 1.29 is 19.4 Å². The van der Waals surface area contributed by atoms with E-state index in [0.717, 1.165) is 5.56 Å². The summed E-state index contributed by atoms with van der Waals surface area (Å²) in [4.78, 5) is 11.3. The molecule has 0 bridgehead atoms. The summed E-state index contributed by atoms with van der Waals surface area (Å²) >= 11 is 6.23. The predicted molar refractivity (Wildman–Crippen MR) is 74.7 cm³/mol. The summed E-state index contributed by atoms with van der Waals surface area (Å²) in [6.45, 7) is 5.54. The standard InChI is InChI=1S/C14H19ClO4/c1-7(2)11-12(8(3)14(16)17)9(15)6-10(18-4)13(11)19-5/h6-8H,1-5H3,(H,16,17). The molecule has 0 spiro atoms. The number of ether oxygens (including phenoxy) is 2. The summed E-state index contributed by atoms with van der Waals surface area (Å²) in [5.74, 6) is -0.498. The first kappa shape index (κ1) is 15.6. The Kier molecular flexibility index (Phi) is 5.06. The van der Waals surface area contributed by atoms with E-state index in [1.54, 1.807) is 13.0 Å². The fraction of sp³-hybridized carbons (Fsp3) is 0.500. The first-order chi connectivity index (χ1) is 8.84. The highest BCUT2D eigenvalue weighted by Crippen LogP contribution is 2.44. The molecular formula is C14H19ClO4. The molecule has 1 aromatic carbocycles. The number of methoxy groups -OCH3 is 2. The molecule has 0 amide bonds. The van der Waals surface area contributed by atoms with Crippen LogP contribution < -0.4 is 9.47 Å². The molecule has 106 valence electrons. The van der Waals surface area contributed by atoms with Crippen molar-refractivity contribution >= 4 is 17.6 Å². The van der Waals surface area contributed by atoms with Gasteiger partial charge in [-0.25, -0.2) is 0 Å². The number of rotatable bonds is 5. The molecule has 1 N–H and O–H groups in total. The van der Waals surface area contributed by atoms with Crippen molar-refractivity contribution in [1.29, 1.82) is 0 Å². The average Bonchev–Trinajstić information content (AvgIpc) is 2.35. The zero-order chi connectivity index (χ0) is 14.7. The molecule has 0 radical (unpaired) electrons. The fourth-order valence-corrected chi connectivity index (χ4v) is 2.51. The van der Waals surface area contributed by atoms with Crippen LogP contribution in [0.4, 0.5) is 0 Å². The summed E-state index contributed by atoms with van der Waals surface area (Å²) < 4.78 is 10.6. The highest BCUT2D eigenvalue weighted by Gasteiger charge is 2.27. The van der Waals surface area contributed by atoms with E-state index in [1.807, 2.05) is 13.8 Å². The van der Waals surface area contributed by atoms with Gasteiger partial charge in [-0.2, -0.15) is 0 Å². The second kappa shape index (κ2) is 6.15. The topological polar surface area (TPSA) is 55.8 Å². The monoisotopic (exact) mass is 286 g/mol. The lowest BCUT2D eigenvalue weighted by Gasteiger charge is -2.22. The van der Waals surface area contributed by atoms with Crippen LogP contribution in [0, 0.1) is 0 Å². The molecule has 0 aliphatic rings. The highest BCUT2D eigenvalue weighted by molar-refractivity contribution is 6.32. The molecule has 1 unspecified atom stereocenters. The summed E-state index contributed by atoms with van der Waals surface area (Å²) in [5.41, 5.74) is 1.36. The highest BCUT2D eigenvalue weighted by atomic mass is 35.5. The summed E-state index contributed by atoms with van der Waals surface area (Å²) in [6.07, 6.45) is 0. The Morgan fingerprint density at radius 3 is 2.16 bits per heavy atom. The zero-order valence-corrected chi connectivity index (χ0v) is 12.5. The molecular weight excluding hydrogens is 268 g/mol. The van der Waals surface area contributed by atoms with Gasteiger partial charge in [-0.1, -0.05) is 25.4 Å². The minimum atomic E-state index is -0.920. The first-order valence-corrected chi connectivity index (χ1v) is 6.39. The Hall–Kier alpha value is -1.42. The van der Waals surface area contributed by atoms with Gasteiger partial charge in [0, 0.05) is 16.7 Å². The summed E-state index contributed by atoms with van der Waals surface area (Å²) in [6, 6.07) is 1.60. The summed E-state index contributed by atoms with van der Waals surface area (Å²) in [7, 11) is 3.06. The van der Waals surface area contributed by atoms with E-state index in [2.05, 4.69) is 0 Å². The number of hydrogen-bond donors (Lipinski definition) is 1. The Morgan fingerprint density at radius 1 is 1.21 bits per heavy atom. The van der Waals surface area contributed by atoms with E-state index < -0.39 is 11.9 Å². The third-order valence-electron chi connectivity index (χ3n) is 3.08. The molecule has 0 saturated heterocycles. The fourth-order valence-electron chi connectivity index (χ4n) is 2.14. The van der Waals surface area contributed by atoms with Gasteiger partial charge in [0.05, 0.1) is 20.1 Å². The molecule has 5 heteroatoms. The Morgan fingerprint density at radius 2 is 1.79 bits per heavy atom. The van der Waals surface area contributed by atoms with Crippen molar-refractivity contribution in [2.75, 3.05) is 14.2 Å². The molecule has 0 saturated carbocycles. The molecule has 0 aromatic heterocycles. The van der Waals surface area contributed by atoms with E-state index >= 15 is 0 Å². The van der Waals surface area contributed by atoms with Gasteiger partial charge in [0.2, 0.25) is 0 Å². The van der Waals surface area contributed by atoms with Crippen LogP contribution in [0.15, 0.2) is 6.07 Å². The lowest BCUT2D eigenvalue weighted by molar-refractivity contribution is -0.138. The maximum absolute atomic E-state index is 11.3. The lowest BCUT2D eigenvalue weighted by Crippen LogP contribution is -2.13. The van der Waals surface area contributed by atoms with Crippen LogP contribution in [0.5, 0.6) is 11.5 Å². The van der Waals surface area contributed by atoms with Crippen molar-refractivity contribution in [1.82, 2.24) is 0 Å². The molecule has 1 rings (SSSR count). The molecule has 0 heterocycles. The average molecular weight is 287 g/mol. The molecule has 1 atom stereocenters. The second-order valence-electron chi connectivity index (χ2n) is 4.64. The van der Waals surface area contributed by atoms with Crippen molar-refractivity contribution in [3.8, 4) is 11.5 Å². The smallest absolute Gasteiger partial charge is 0.310 e. The van der Waals surface area contributed by atoms with Gasteiger partial charge < -0.3 is 14.6 Å². The van der Waals surface area contributed by atoms with Crippen molar-refractivity contribution in [2.24, 2.45) is 0 Å². The molecule has 0 aliphatic carbocycles. The van der Waals surface area contributed by atoms with E-state index in [4.69, 9.17) is 21.1 Å². The molecule has 1 aromatic rings. The van der Waals surface area contributed by atoms with E-state index in [-0.39, 0.29) is 5.92 Å². The van der Waals surface area contributed by atoms with Crippen LogP contribution in [0.1, 0.15) is 43.7 Å². The van der Waals surface area contributed by atoms with Crippen LogP contribution in [-0.2, 0) is 4.79 Å². The minimum Gasteiger partial charge on any atom is -0.493 e. The van der Waals surface area contributed by atoms with Crippen LogP contribution in [0.2, 0.25) is 5.02 Å². The minimum absolute atomic E-state index is 0.0688. The van der Waals surface area contributed by atoms with E-state index in [0.29, 0.717) is 22.1 Å². The number of aliphatic carboxylic acids is 1. The van der Waals surface area contributed by atoms with Gasteiger partial charge in [0.25, 0.3) is 0 Å². The van der Waals surface area contributed by atoms with E-state index in [1.165, 1.54) is 14.2 Å². The number of halogens is 1. The Balaban J connectivity index is 3.66.